The van der Waals surface area contributed by atoms with Crippen molar-refractivity contribution in [2.24, 2.45) is 0 Å². The normalized spacial score (nSPS) is 16.0. The van der Waals surface area contributed by atoms with Gasteiger partial charge < -0.3 is 30.1 Å². The Morgan fingerprint density at radius 1 is 1.11 bits per heavy atom. The number of aryl methyl sites for hydroxylation is 1. The van der Waals surface area contributed by atoms with Gasteiger partial charge in [0.25, 0.3) is 0 Å². The van der Waals surface area contributed by atoms with E-state index in [2.05, 4.69) is 25.6 Å². The van der Waals surface area contributed by atoms with Crippen molar-refractivity contribution >= 4 is 28.5 Å². The molecule has 0 aliphatic carbocycles. The fraction of sp³-hybridized carbons (Fsp3) is 0.355. The minimum Gasteiger partial charge on any atom is -0.465 e. The molecule has 4 aromatic rings. The van der Waals surface area contributed by atoms with Crippen molar-refractivity contribution in [3.63, 3.8) is 0 Å². The van der Waals surface area contributed by atoms with Gasteiger partial charge in [0.2, 0.25) is 11.8 Å². The van der Waals surface area contributed by atoms with E-state index in [0.29, 0.717) is 52.5 Å². The third-order valence-corrected chi connectivity index (χ3v) is 7.35. The zero-order valence-corrected chi connectivity index (χ0v) is 24.3. The molecule has 0 saturated carbocycles. The second-order valence-corrected chi connectivity index (χ2v) is 10.4. The molecular weight excluding hydrogens is 577 g/mol. The van der Waals surface area contributed by atoms with E-state index in [1.165, 1.54) is 11.8 Å². The van der Waals surface area contributed by atoms with E-state index in [9.17, 15) is 23.1 Å². The lowest BCUT2D eigenvalue weighted by Crippen LogP contribution is -2.44. The first-order chi connectivity index (χ1) is 21.1. The van der Waals surface area contributed by atoms with Gasteiger partial charge in [0.15, 0.2) is 6.10 Å². The minimum absolute atomic E-state index is 0.0568. The van der Waals surface area contributed by atoms with Gasteiger partial charge in [-0.25, -0.2) is 19.7 Å². The Labute approximate surface area is 252 Å². The second-order valence-electron chi connectivity index (χ2n) is 10.4. The number of nitrogens with zero attached hydrogens (tertiary/aromatic N) is 4. The number of anilines is 2. The van der Waals surface area contributed by atoms with Crippen molar-refractivity contribution < 1.29 is 32.5 Å². The number of ether oxygens (including phenoxy) is 2. The zero-order valence-electron chi connectivity index (χ0n) is 24.3. The molecule has 3 N–H and O–H groups in total. The van der Waals surface area contributed by atoms with Crippen molar-refractivity contribution in [3.05, 3.63) is 66.5 Å². The number of aromatic nitrogens is 3. The van der Waals surface area contributed by atoms with E-state index in [0.717, 1.165) is 18.4 Å². The predicted molar refractivity (Wildman–Crippen MR) is 160 cm³/mol. The maximum absolute atomic E-state index is 13.4. The van der Waals surface area contributed by atoms with Crippen molar-refractivity contribution in [2.75, 3.05) is 36.9 Å². The summed E-state index contributed by atoms with van der Waals surface area (Å²) in [4.78, 5) is 26.3. The lowest BCUT2D eigenvalue weighted by molar-refractivity contribution is -0.214. The first-order valence-corrected chi connectivity index (χ1v) is 14.3. The molecule has 0 bridgehead atoms. The van der Waals surface area contributed by atoms with E-state index >= 15 is 0 Å². The lowest BCUT2D eigenvalue weighted by atomic mass is 10.0. The molecule has 1 aliphatic rings. The van der Waals surface area contributed by atoms with Crippen LogP contribution in [-0.4, -0.2) is 75.6 Å². The maximum Gasteiger partial charge on any atom is 0.416 e. The van der Waals surface area contributed by atoms with Crippen LogP contribution in [0.1, 0.15) is 25.3 Å². The molecule has 2 aromatic carbocycles. The number of rotatable bonds is 10. The van der Waals surface area contributed by atoms with E-state index in [1.54, 1.807) is 36.7 Å². The van der Waals surface area contributed by atoms with Gasteiger partial charge in [0, 0.05) is 54.6 Å². The molecule has 3 heterocycles. The largest absolute Gasteiger partial charge is 0.465 e. The van der Waals surface area contributed by atoms with Gasteiger partial charge in [-0.1, -0.05) is 24.3 Å². The molecule has 1 saturated heterocycles. The minimum atomic E-state index is -4.50. The molecule has 0 spiro atoms. The van der Waals surface area contributed by atoms with Crippen LogP contribution in [0.5, 0.6) is 11.6 Å². The summed E-state index contributed by atoms with van der Waals surface area (Å²) in [5, 5.41) is 16.9. The number of hydrogen-bond acceptors (Lipinski definition) is 8. The van der Waals surface area contributed by atoms with Crippen molar-refractivity contribution in [2.45, 2.75) is 45.0 Å². The van der Waals surface area contributed by atoms with Gasteiger partial charge in [-0.2, -0.15) is 13.2 Å². The van der Waals surface area contributed by atoms with Crippen LogP contribution in [0.3, 0.4) is 0 Å². The molecule has 2 aromatic heterocycles. The predicted octanol–water partition coefficient (Wildman–Crippen LogP) is 6.73. The SMILES string of the molecule is CCO[C@@H](CNc1cccc2c(Oc3ncccc3-c3ccnc(NC4CCCN(C(=O)O)C4)n3)c(C)ccc12)C(F)(F)F. The number of nitrogens with one attached hydrogen (secondary N) is 2. The fourth-order valence-corrected chi connectivity index (χ4v) is 5.20. The first-order valence-electron chi connectivity index (χ1n) is 14.3. The Bertz CT molecular complexity index is 1620. The molecule has 1 unspecified atom stereocenters. The number of fused-ring (bicyclic) bond motifs is 1. The van der Waals surface area contributed by atoms with Crippen LogP contribution >= 0.6 is 0 Å². The third kappa shape index (κ3) is 7.10. The summed E-state index contributed by atoms with van der Waals surface area (Å²) in [5.74, 6) is 1.15. The van der Waals surface area contributed by atoms with Crippen molar-refractivity contribution in [3.8, 4) is 22.9 Å². The average molecular weight is 611 g/mol. The number of alkyl halides is 3. The van der Waals surface area contributed by atoms with Crippen molar-refractivity contribution in [1.82, 2.24) is 19.9 Å². The Morgan fingerprint density at radius 3 is 2.73 bits per heavy atom. The number of benzene rings is 2. The van der Waals surface area contributed by atoms with Crippen LogP contribution in [0.15, 0.2) is 60.9 Å². The topological polar surface area (TPSA) is 122 Å². The summed E-state index contributed by atoms with van der Waals surface area (Å²) >= 11 is 0. The van der Waals surface area contributed by atoms with Crippen molar-refractivity contribution in [1.29, 1.82) is 0 Å². The molecule has 13 heteroatoms. The lowest BCUT2D eigenvalue weighted by Gasteiger charge is -2.31. The number of piperidine rings is 1. The summed E-state index contributed by atoms with van der Waals surface area (Å²) in [7, 11) is 0. The first kappa shape index (κ1) is 30.8. The quantitative estimate of drug-likeness (QED) is 0.180. The number of carboxylic acid groups (broad SMARTS) is 1. The number of likely N-dealkylation sites (tertiary alicyclic amines) is 1. The molecule has 0 radical (unpaired) electrons. The van der Waals surface area contributed by atoms with Crippen LogP contribution in [0.25, 0.3) is 22.0 Å². The second kappa shape index (κ2) is 13.3. The molecule has 1 amide bonds. The number of carbonyl (C=O) groups is 1. The summed E-state index contributed by atoms with van der Waals surface area (Å²) in [6, 6.07) is 14.2. The molecular formula is C31H33F3N6O4. The average Bonchev–Trinajstić information content (AvgIpc) is 3.00. The molecule has 1 aliphatic heterocycles. The van der Waals surface area contributed by atoms with E-state index in [-0.39, 0.29) is 18.5 Å². The molecule has 1 fully saturated rings. The zero-order chi connectivity index (χ0) is 31.3. The molecule has 44 heavy (non-hydrogen) atoms. The Balaban J connectivity index is 1.41. The van der Waals surface area contributed by atoms with Gasteiger partial charge in [0.05, 0.1) is 17.8 Å². The highest BCUT2D eigenvalue weighted by Crippen LogP contribution is 2.39. The summed E-state index contributed by atoms with van der Waals surface area (Å²) < 4.78 is 51.6. The molecule has 5 rings (SSSR count). The highest BCUT2D eigenvalue weighted by Gasteiger charge is 2.40. The van der Waals surface area contributed by atoms with Gasteiger partial charge in [0.1, 0.15) is 5.75 Å². The fourth-order valence-electron chi connectivity index (χ4n) is 5.20. The van der Waals surface area contributed by atoms with Crippen LogP contribution in [0.4, 0.5) is 29.6 Å². The maximum atomic E-state index is 13.4. The summed E-state index contributed by atoms with van der Waals surface area (Å²) in [5.41, 5.74) is 2.47. The Hall–Kier alpha value is -4.65. The highest BCUT2D eigenvalue weighted by molar-refractivity contribution is 5.98. The van der Waals surface area contributed by atoms with Crippen LogP contribution in [0.2, 0.25) is 0 Å². The van der Waals surface area contributed by atoms with Gasteiger partial charge in [-0.05, 0) is 56.5 Å². The summed E-state index contributed by atoms with van der Waals surface area (Å²) in [6.45, 7) is 3.74. The smallest absolute Gasteiger partial charge is 0.416 e. The van der Waals surface area contributed by atoms with Gasteiger partial charge in [-0.15, -0.1) is 0 Å². The number of pyridine rings is 1. The summed E-state index contributed by atoms with van der Waals surface area (Å²) in [6.07, 6.45) is -2.66. The highest BCUT2D eigenvalue weighted by atomic mass is 19.4. The van der Waals surface area contributed by atoms with E-state index < -0.39 is 24.9 Å². The molecule has 2 atom stereocenters. The Morgan fingerprint density at radius 2 is 1.95 bits per heavy atom. The number of hydrogen-bond donors (Lipinski definition) is 3. The molecule has 232 valence electrons. The van der Waals surface area contributed by atoms with Crippen LogP contribution < -0.4 is 15.4 Å². The van der Waals surface area contributed by atoms with E-state index in [1.807, 2.05) is 31.2 Å². The number of halogens is 3. The monoisotopic (exact) mass is 610 g/mol. The Kier molecular flexibility index (Phi) is 9.33. The third-order valence-electron chi connectivity index (χ3n) is 7.35. The molecule has 10 nitrogen and oxygen atoms in total. The van der Waals surface area contributed by atoms with Gasteiger partial charge in [-0.3, -0.25) is 0 Å². The standard InChI is InChI=1S/C31H33F3N6O4/c1-3-43-26(31(32,33)34)17-37-24-10-4-8-22-21(24)12-11-19(2)27(22)44-28-23(9-5-14-35-28)25-13-15-36-29(39-25)38-20-7-6-16-40(18-20)30(41)42/h4-5,8-15,20,26,37H,3,6-7,16-18H2,1-2H3,(H,41,42)(H,36,38,39)/t20?,26-/m0/s1. The van der Waals surface area contributed by atoms with E-state index in [4.69, 9.17) is 9.47 Å². The van der Waals surface area contributed by atoms with Crippen LogP contribution in [0, 0.1) is 6.92 Å². The van der Waals surface area contributed by atoms with Crippen LogP contribution in [-0.2, 0) is 4.74 Å². The van der Waals surface area contributed by atoms with Gasteiger partial charge >= 0.3 is 12.3 Å². The number of amides is 1.